The molecule has 0 bridgehead atoms. The molecule has 5 nitrogen and oxygen atoms in total. The Morgan fingerprint density at radius 3 is 2.47 bits per heavy atom. The molecule has 1 aliphatic heterocycles. The molecule has 15 heavy (non-hydrogen) atoms. The zero-order valence-electron chi connectivity index (χ0n) is 8.61. The molecule has 5 heteroatoms. The summed E-state index contributed by atoms with van der Waals surface area (Å²) in [6, 6.07) is 0. The summed E-state index contributed by atoms with van der Waals surface area (Å²) >= 11 is 0. The first-order valence-corrected chi connectivity index (χ1v) is 4.89. The first-order chi connectivity index (χ1) is 7.25. The van der Waals surface area contributed by atoms with Crippen LogP contribution in [0.5, 0.6) is 0 Å². The lowest BCUT2D eigenvalue weighted by atomic mass is 10.4. The van der Waals surface area contributed by atoms with E-state index in [1.54, 1.807) is 0 Å². The third-order valence-electron chi connectivity index (χ3n) is 2.08. The monoisotopic (exact) mass is 213 g/mol. The predicted octanol–water partition coefficient (Wildman–Crippen LogP) is 0.312. The number of likely N-dealkylation sites (tertiary alicyclic amines) is 1. The minimum absolute atomic E-state index is 0.106. The van der Waals surface area contributed by atoms with Gasteiger partial charge in [-0.2, -0.15) is 0 Å². The van der Waals surface area contributed by atoms with Crippen LogP contribution in [0.4, 0.5) is 0 Å². The van der Waals surface area contributed by atoms with Gasteiger partial charge in [-0.15, -0.1) is 0 Å². The molecular weight excluding hydrogens is 198 g/mol. The summed E-state index contributed by atoms with van der Waals surface area (Å²) in [7, 11) is 0. The van der Waals surface area contributed by atoms with E-state index in [-0.39, 0.29) is 11.8 Å². The molecular formula is C10H15NO4. The van der Waals surface area contributed by atoms with Crippen LogP contribution >= 0.6 is 0 Å². The highest BCUT2D eigenvalue weighted by atomic mass is 16.5. The van der Waals surface area contributed by atoms with Gasteiger partial charge in [-0.25, -0.2) is 0 Å². The number of carbonyl (C=O) groups excluding carboxylic acids is 2. The van der Waals surface area contributed by atoms with Crippen LogP contribution in [-0.4, -0.2) is 43.1 Å². The van der Waals surface area contributed by atoms with Crippen molar-refractivity contribution in [1.82, 2.24) is 4.90 Å². The zero-order valence-corrected chi connectivity index (χ0v) is 8.61. The van der Waals surface area contributed by atoms with Gasteiger partial charge >= 0.3 is 0 Å². The first-order valence-electron chi connectivity index (χ1n) is 4.89. The summed E-state index contributed by atoms with van der Waals surface area (Å²) < 4.78 is 10.0. The molecule has 1 aliphatic rings. The van der Waals surface area contributed by atoms with Crippen molar-refractivity contribution in [2.45, 2.75) is 12.8 Å². The van der Waals surface area contributed by atoms with Crippen molar-refractivity contribution in [3.8, 4) is 0 Å². The molecule has 0 aromatic carbocycles. The Bertz CT molecular complexity index is 236. The van der Waals surface area contributed by atoms with Crippen molar-refractivity contribution < 1.29 is 19.1 Å². The molecule has 0 aliphatic carbocycles. The van der Waals surface area contributed by atoms with Gasteiger partial charge < -0.3 is 9.47 Å². The van der Waals surface area contributed by atoms with E-state index in [0.29, 0.717) is 39.2 Å². The van der Waals surface area contributed by atoms with E-state index in [0.717, 1.165) is 0 Å². The second-order valence-corrected chi connectivity index (χ2v) is 3.09. The molecule has 2 amide bonds. The van der Waals surface area contributed by atoms with Crippen LogP contribution in [-0.2, 0) is 19.1 Å². The molecule has 0 saturated carbocycles. The van der Waals surface area contributed by atoms with Gasteiger partial charge in [0.2, 0.25) is 11.8 Å². The summed E-state index contributed by atoms with van der Waals surface area (Å²) in [6.07, 6.45) is 2.01. The average Bonchev–Trinajstić information content (AvgIpc) is 2.54. The van der Waals surface area contributed by atoms with Crippen LogP contribution in [0.25, 0.3) is 0 Å². The van der Waals surface area contributed by atoms with E-state index >= 15 is 0 Å². The summed E-state index contributed by atoms with van der Waals surface area (Å²) in [5, 5.41) is 0. The molecule has 0 atom stereocenters. The SMILES string of the molecule is C=COCCOCCN1C(=O)CCC1=O. The van der Waals surface area contributed by atoms with E-state index in [9.17, 15) is 9.59 Å². The summed E-state index contributed by atoms with van der Waals surface area (Å²) in [4.78, 5) is 23.6. The number of rotatable bonds is 7. The quantitative estimate of drug-likeness (QED) is 0.347. The van der Waals surface area contributed by atoms with E-state index in [4.69, 9.17) is 9.47 Å². The third-order valence-corrected chi connectivity index (χ3v) is 2.08. The van der Waals surface area contributed by atoms with Crippen LogP contribution in [0.1, 0.15) is 12.8 Å². The van der Waals surface area contributed by atoms with Crippen molar-refractivity contribution in [3.63, 3.8) is 0 Å². The molecule has 0 aromatic heterocycles. The molecule has 0 aromatic rings. The average molecular weight is 213 g/mol. The lowest BCUT2D eigenvalue weighted by Gasteiger charge is -2.13. The molecule has 1 rings (SSSR count). The van der Waals surface area contributed by atoms with Gasteiger partial charge in [0.15, 0.2) is 0 Å². The lowest BCUT2D eigenvalue weighted by Crippen LogP contribution is -2.32. The van der Waals surface area contributed by atoms with Gasteiger partial charge in [-0.1, -0.05) is 6.58 Å². The van der Waals surface area contributed by atoms with E-state index in [1.807, 2.05) is 0 Å². The summed E-state index contributed by atoms with van der Waals surface area (Å²) in [5.41, 5.74) is 0. The van der Waals surface area contributed by atoms with Gasteiger partial charge in [0.05, 0.1) is 26.0 Å². The fraction of sp³-hybridized carbons (Fsp3) is 0.600. The molecule has 1 heterocycles. The Morgan fingerprint density at radius 1 is 1.20 bits per heavy atom. The topological polar surface area (TPSA) is 55.8 Å². The number of ether oxygens (including phenoxy) is 2. The minimum atomic E-state index is -0.106. The van der Waals surface area contributed by atoms with E-state index in [2.05, 4.69) is 6.58 Å². The predicted molar refractivity (Wildman–Crippen MR) is 52.9 cm³/mol. The van der Waals surface area contributed by atoms with Crippen molar-refractivity contribution in [1.29, 1.82) is 0 Å². The van der Waals surface area contributed by atoms with Crippen LogP contribution in [0.3, 0.4) is 0 Å². The zero-order chi connectivity index (χ0) is 11.1. The number of nitrogens with zero attached hydrogens (tertiary/aromatic N) is 1. The maximum absolute atomic E-state index is 11.2. The number of hydrogen-bond donors (Lipinski definition) is 0. The van der Waals surface area contributed by atoms with Gasteiger partial charge in [0, 0.05) is 12.8 Å². The fourth-order valence-corrected chi connectivity index (χ4v) is 1.32. The minimum Gasteiger partial charge on any atom is -0.499 e. The normalized spacial score (nSPS) is 15.9. The van der Waals surface area contributed by atoms with E-state index in [1.165, 1.54) is 11.2 Å². The molecule has 1 saturated heterocycles. The maximum Gasteiger partial charge on any atom is 0.229 e. The number of hydrogen-bond acceptors (Lipinski definition) is 4. The van der Waals surface area contributed by atoms with Crippen molar-refractivity contribution in [3.05, 3.63) is 12.8 Å². The highest BCUT2D eigenvalue weighted by molar-refractivity contribution is 6.01. The Kier molecular flexibility index (Phi) is 4.83. The number of amides is 2. The van der Waals surface area contributed by atoms with Crippen molar-refractivity contribution in [2.24, 2.45) is 0 Å². The molecule has 1 fully saturated rings. The number of carbonyl (C=O) groups is 2. The molecule has 0 radical (unpaired) electrons. The second kappa shape index (κ2) is 6.19. The smallest absolute Gasteiger partial charge is 0.229 e. The van der Waals surface area contributed by atoms with Crippen LogP contribution in [0.15, 0.2) is 12.8 Å². The molecule has 0 N–H and O–H groups in total. The van der Waals surface area contributed by atoms with Crippen molar-refractivity contribution in [2.75, 3.05) is 26.4 Å². The Morgan fingerprint density at radius 2 is 1.87 bits per heavy atom. The summed E-state index contributed by atoms with van der Waals surface area (Å²) in [5.74, 6) is -0.211. The van der Waals surface area contributed by atoms with Gasteiger partial charge in [-0.05, 0) is 0 Å². The first kappa shape index (κ1) is 11.7. The van der Waals surface area contributed by atoms with Gasteiger partial charge in [0.25, 0.3) is 0 Å². The molecule has 0 unspecified atom stereocenters. The maximum atomic E-state index is 11.2. The largest absolute Gasteiger partial charge is 0.499 e. The van der Waals surface area contributed by atoms with Crippen LogP contribution in [0.2, 0.25) is 0 Å². The molecule has 84 valence electrons. The van der Waals surface area contributed by atoms with Gasteiger partial charge in [-0.3, -0.25) is 14.5 Å². The Labute approximate surface area is 88.6 Å². The molecule has 0 spiro atoms. The highest BCUT2D eigenvalue weighted by Crippen LogP contribution is 2.10. The fourth-order valence-electron chi connectivity index (χ4n) is 1.32. The van der Waals surface area contributed by atoms with Crippen LogP contribution in [0, 0.1) is 0 Å². The Balaban J connectivity index is 2.06. The lowest BCUT2D eigenvalue weighted by molar-refractivity contribution is -0.139. The van der Waals surface area contributed by atoms with Crippen molar-refractivity contribution >= 4 is 11.8 Å². The summed E-state index contributed by atoms with van der Waals surface area (Å²) in [6.45, 7) is 4.95. The second-order valence-electron chi connectivity index (χ2n) is 3.09. The number of imide groups is 1. The highest BCUT2D eigenvalue weighted by Gasteiger charge is 2.27. The van der Waals surface area contributed by atoms with Crippen LogP contribution < -0.4 is 0 Å². The Hall–Kier alpha value is -1.36. The standard InChI is InChI=1S/C10H15NO4/c1-2-14-7-8-15-6-5-11-9(12)3-4-10(11)13/h2H,1,3-8H2. The van der Waals surface area contributed by atoms with Gasteiger partial charge in [0.1, 0.15) is 6.61 Å². The third kappa shape index (κ3) is 3.71. The van der Waals surface area contributed by atoms with E-state index < -0.39 is 0 Å².